The first-order valence-electron chi connectivity index (χ1n) is 8.73. The Bertz CT molecular complexity index is 1200. The van der Waals surface area contributed by atoms with Crippen molar-refractivity contribution in [3.63, 3.8) is 0 Å². The Morgan fingerprint density at radius 1 is 0.931 bits per heavy atom. The second-order valence-electron chi connectivity index (χ2n) is 6.67. The highest BCUT2D eigenvalue weighted by atomic mass is 32.1. The fourth-order valence-electron chi connectivity index (χ4n) is 3.09. The van der Waals surface area contributed by atoms with Crippen molar-refractivity contribution in [2.75, 3.05) is 5.32 Å². The quantitative estimate of drug-likeness (QED) is 0.456. The van der Waals surface area contributed by atoms with Gasteiger partial charge < -0.3 is 0 Å². The standard InChI is InChI=1S/C20H16F3N5S/c1-10-7-11(2)17-13(8-10)12(3)24-18(27-17)28-19-25-14(15-5-4-6-29-15)9-16(26-19)20(21,22)23/h4-9H,1-3H3,(H,24,25,26,27,28). The van der Waals surface area contributed by atoms with Crippen molar-refractivity contribution in [3.8, 4) is 10.6 Å². The van der Waals surface area contributed by atoms with Gasteiger partial charge in [-0.1, -0.05) is 17.7 Å². The predicted octanol–water partition coefficient (Wildman–Crippen LogP) is 5.84. The number of halogens is 3. The van der Waals surface area contributed by atoms with E-state index in [0.717, 1.165) is 33.8 Å². The third kappa shape index (κ3) is 3.91. The number of hydrogen-bond acceptors (Lipinski definition) is 6. The fourth-order valence-corrected chi connectivity index (χ4v) is 3.78. The molecular formula is C20H16F3N5S. The second-order valence-corrected chi connectivity index (χ2v) is 7.62. The van der Waals surface area contributed by atoms with Gasteiger partial charge in [-0.15, -0.1) is 11.3 Å². The molecule has 4 rings (SSSR count). The molecule has 0 aliphatic carbocycles. The van der Waals surface area contributed by atoms with E-state index in [1.807, 2.05) is 32.9 Å². The van der Waals surface area contributed by atoms with Crippen LogP contribution < -0.4 is 5.32 Å². The Morgan fingerprint density at radius 2 is 1.69 bits per heavy atom. The zero-order valence-electron chi connectivity index (χ0n) is 15.8. The topological polar surface area (TPSA) is 63.6 Å². The maximum atomic E-state index is 13.3. The van der Waals surface area contributed by atoms with Crippen molar-refractivity contribution < 1.29 is 13.2 Å². The summed E-state index contributed by atoms with van der Waals surface area (Å²) in [5.41, 5.74) is 2.66. The summed E-state index contributed by atoms with van der Waals surface area (Å²) < 4.78 is 40.0. The van der Waals surface area contributed by atoms with Crippen LogP contribution in [-0.4, -0.2) is 19.9 Å². The van der Waals surface area contributed by atoms with Gasteiger partial charge in [0.2, 0.25) is 11.9 Å². The summed E-state index contributed by atoms with van der Waals surface area (Å²) in [6, 6.07) is 8.38. The summed E-state index contributed by atoms with van der Waals surface area (Å²) in [6.07, 6.45) is -4.60. The number of aromatic nitrogens is 4. The maximum Gasteiger partial charge on any atom is 0.433 e. The molecule has 4 aromatic rings. The number of benzene rings is 1. The van der Waals surface area contributed by atoms with E-state index in [9.17, 15) is 13.2 Å². The number of thiophene rings is 1. The molecule has 0 radical (unpaired) electrons. The largest absolute Gasteiger partial charge is 0.433 e. The molecule has 9 heteroatoms. The van der Waals surface area contributed by atoms with E-state index in [2.05, 4.69) is 25.3 Å². The molecular weight excluding hydrogens is 399 g/mol. The van der Waals surface area contributed by atoms with Crippen molar-refractivity contribution in [1.82, 2.24) is 19.9 Å². The van der Waals surface area contributed by atoms with Gasteiger partial charge in [0.1, 0.15) is 0 Å². The van der Waals surface area contributed by atoms with Gasteiger partial charge in [-0.25, -0.2) is 19.9 Å². The van der Waals surface area contributed by atoms with Crippen LogP contribution in [0.25, 0.3) is 21.5 Å². The Morgan fingerprint density at radius 3 is 2.38 bits per heavy atom. The highest BCUT2D eigenvalue weighted by Gasteiger charge is 2.34. The van der Waals surface area contributed by atoms with E-state index >= 15 is 0 Å². The lowest BCUT2D eigenvalue weighted by Crippen LogP contribution is -2.12. The highest BCUT2D eigenvalue weighted by Crippen LogP contribution is 2.33. The monoisotopic (exact) mass is 415 g/mol. The molecule has 0 fully saturated rings. The molecule has 0 amide bonds. The molecule has 148 valence electrons. The van der Waals surface area contributed by atoms with Gasteiger partial charge in [-0.05, 0) is 49.9 Å². The van der Waals surface area contributed by atoms with Crippen molar-refractivity contribution in [2.24, 2.45) is 0 Å². The summed E-state index contributed by atoms with van der Waals surface area (Å²) in [4.78, 5) is 17.3. The summed E-state index contributed by atoms with van der Waals surface area (Å²) in [6.45, 7) is 5.75. The van der Waals surface area contributed by atoms with Crippen molar-refractivity contribution >= 4 is 34.1 Å². The summed E-state index contributed by atoms with van der Waals surface area (Å²) in [5, 5.41) is 5.43. The average molecular weight is 415 g/mol. The van der Waals surface area contributed by atoms with Gasteiger partial charge in [0.15, 0.2) is 5.69 Å². The zero-order chi connectivity index (χ0) is 20.8. The first-order chi connectivity index (χ1) is 13.7. The van der Waals surface area contributed by atoms with Gasteiger partial charge >= 0.3 is 6.18 Å². The first-order valence-corrected chi connectivity index (χ1v) is 9.61. The van der Waals surface area contributed by atoms with E-state index in [1.165, 1.54) is 11.3 Å². The van der Waals surface area contributed by atoms with Gasteiger partial charge in [0.05, 0.1) is 21.8 Å². The number of anilines is 2. The van der Waals surface area contributed by atoms with Gasteiger partial charge in [-0.2, -0.15) is 13.2 Å². The van der Waals surface area contributed by atoms with E-state index < -0.39 is 11.9 Å². The number of nitrogens with one attached hydrogen (secondary N) is 1. The van der Waals surface area contributed by atoms with Crippen LogP contribution in [0.2, 0.25) is 0 Å². The van der Waals surface area contributed by atoms with Crippen LogP contribution in [0, 0.1) is 20.8 Å². The normalized spacial score (nSPS) is 11.8. The summed E-state index contributed by atoms with van der Waals surface area (Å²) in [5.74, 6) is -0.0508. The van der Waals surface area contributed by atoms with E-state index in [-0.39, 0.29) is 17.6 Å². The Hall–Kier alpha value is -3.07. The minimum atomic E-state index is -4.60. The molecule has 0 unspecified atom stereocenters. The summed E-state index contributed by atoms with van der Waals surface area (Å²) >= 11 is 1.30. The van der Waals surface area contributed by atoms with E-state index in [0.29, 0.717) is 4.88 Å². The lowest BCUT2D eigenvalue weighted by atomic mass is 10.1. The van der Waals surface area contributed by atoms with Gasteiger partial charge in [0, 0.05) is 5.39 Å². The van der Waals surface area contributed by atoms with Crippen LogP contribution in [-0.2, 0) is 6.18 Å². The van der Waals surface area contributed by atoms with Crippen LogP contribution >= 0.6 is 11.3 Å². The number of hydrogen-bond donors (Lipinski definition) is 1. The minimum absolute atomic E-state index is 0.151. The van der Waals surface area contributed by atoms with Gasteiger partial charge in [-0.3, -0.25) is 5.32 Å². The second kappa shape index (κ2) is 7.07. The van der Waals surface area contributed by atoms with Crippen LogP contribution in [0.4, 0.5) is 25.1 Å². The fraction of sp³-hybridized carbons (Fsp3) is 0.200. The van der Waals surface area contributed by atoms with Crippen molar-refractivity contribution in [2.45, 2.75) is 26.9 Å². The van der Waals surface area contributed by atoms with Crippen molar-refractivity contribution in [3.05, 3.63) is 58.2 Å². The smallest absolute Gasteiger partial charge is 0.293 e. The molecule has 1 aromatic carbocycles. The van der Waals surface area contributed by atoms with Crippen LogP contribution in [0.3, 0.4) is 0 Å². The Balaban J connectivity index is 1.80. The number of alkyl halides is 3. The number of aryl methyl sites for hydroxylation is 3. The summed E-state index contributed by atoms with van der Waals surface area (Å²) in [7, 11) is 0. The van der Waals surface area contributed by atoms with Crippen LogP contribution in [0.1, 0.15) is 22.5 Å². The molecule has 29 heavy (non-hydrogen) atoms. The molecule has 5 nitrogen and oxygen atoms in total. The number of fused-ring (bicyclic) bond motifs is 1. The number of nitrogens with zero attached hydrogens (tertiary/aromatic N) is 4. The molecule has 0 saturated carbocycles. The highest BCUT2D eigenvalue weighted by molar-refractivity contribution is 7.13. The third-order valence-electron chi connectivity index (χ3n) is 4.34. The molecule has 0 aliphatic heterocycles. The Kier molecular flexibility index (Phi) is 4.70. The molecule has 1 N–H and O–H groups in total. The minimum Gasteiger partial charge on any atom is -0.293 e. The van der Waals surface area contributed by atoms with Crippen molar-refractivity contribution in [1.29, 1.82) is 0 Å². The molecule has 0 saturated heterocycles. The molecule has 0 atom stereocenters. The molecule has 3 aromatic heterocycles. The lowest BCUT2D eigenvalue weighted by Gasteiger charge is -2.12. The van der Waals surface area contributed by atoms with E-state index in [1.54, 1.807) is 17.5 Å². The predicted molar refractivity (Wildman–Crippen MR) is 107 cm³/mol. The SMILES string of the molecule is Cc1cc(C)c2nc(Nc3nc(-c4cccs4)cc(C(F)(F)F)n3)nc(C)c2c1. The number of rotatable bonds is 3. The average Bonchev–Trinajstić information content (AvgIpc) is 3.16. The first kappa shape index (κ1) is 19.3. The van der Waals surface area contributed by atoms with Crippen LogP contribution in [0.5, 0.6) is 0 Å². The Labute approximate surface area is 168 Å². The zero-order valence-corrected chi connectivity index (χ0v) is 16.6. The third-order valence-corrected chi connectivity index (χ3v) is 5.23. The maximum absolute atomic E-state index is 13.3. The molecule has 0 aliphatic rings. The lowest BCUT2D eigenvalue weighted by molar-refractivity contribution is -0.141. The van der Waals surface area contributed by atoms with Crippen LogP contribution in [0.15, 0.2) is 35.7 Å². The molecule has 0 spiro atoms. The van der Waals surface area contributed by atoms with E-state index in [4.69, 9.17) is 0 Å². The molecule has 0 bridgehead atoms. The molecule has 3 heterocycles. The van der Waals surface area contributed by atoms with Gasteiger partial charge in [0.25, 0.3) is 0 Å².